The van der Waals surface area contributed by atoms with Gasteiger partial charge in [0.05, 0.1) is 0 Å². The van der Waals surface area contributed by atoms with Crippen LogP contribution in [0.3, 0.4) is 0 Å². The van der Waals surface area contributed by atoms with Gasteiger partial charge in [-0.2, -0.15) is 0 Å². The summed E-state index contributed by atoms with van der Waals surface area (Å²) >= 11 is 0. The second kappa shape index (κ2) is 7.73. The van der Waals surface area contributed by atoms with Crippen LogP contribution in [-0.2, 0) is 0 Å². The van der Waals surface area contributed by atoms with Gasteiger partial charge in [0.25, 0.3) is 0 Å². The minimum atomic E-state index is -2.12. The fourth-order valence-corrected chi connectivity index (χ4v) is 2.25. The summed E-state index contributed by atoms with van der Waals surface area (Å²) in [5.74, 6) is -9.00. The van der Waals surface area contributed by atoms with Crippen molar-refractivity contribution >= 4 is 0 Å². The van der Waals surface area contributed by atoms with Crippen LogP contribution in [0.5, 0.6) is 0 Å². The van der Waals surface area contributed by atoms with E-state index in [9.17, 15) is 22.0 Å². The van der Waals surface area contributed by atoms with Gasteiger partial charge in [0.1, 0.15) is 0 Å². The summed E-state index contributed by atoms with van der Waals surface area (Å²) in [6.07, 6.45) is 1.76. The highest BCUT2D eigenvalue weighted by molar-refractivity contribution is 5.27. The lowest BCUT2D eigenvalue weighted by Gasteiger charge is -2.20. The van der Waals surface area contributed by atoms with Gasteiger partial charge < -0.3 is 5.32 Å². The van der Waals surface area contributed by atoms with Crippen molar-refractivity contribution in [1.29, 1.82) is 0 Å². The molecule has 0 amide bonds. The standard InChI is InChI=1S/C15H20F5N/c1-4-21-9(7-5-6-8(2)3)10-11(16)13(18)15(20)14(19)12(10)17/h8-9,21H,4-7H2,1-3H3. The molecule has 1 atom stereocenters. The fraction of sp³-hybridized carbons (Fsp3) is 0.600. The minimum absolute atomic E-state index is 0.310. The Morgan fingerprint density at radius 1 is 0.810 bits per heavy atom. The molecule has 0 radical (unpaired) electrons. The molecule has 1 unspecified atom stereocenters. The average molecular weight is 309 g/mol. The molecule has 0 aliphatic carbocycles. The van der Waals surface area contributed by atoms with E-state index in [4.69, 9.17) is 0 Å². The summed E-state index contributed by atoms with van der Waals surface area (Å²) in [4.78, 5) is 0. The summed E-state index contributed by atoms with van der Waals surface area (Å²) in [6.45, 7) is 6.08. The number of hydrogen-bond acceptors (Lipinski definition) is 1. The second-order valence-electron chi connectivity index (χ2n) is 5.42. The lowest BCUT2D eigenvalue weighted by molar-refractivity contribution is 0.349. The molecule has 0 heterocycles. The predicted octanol–water partition coefficient (Wildman–Crippen LogP) is 4.86. The number of rotatable bonds is 7. The van der Waals surface area contributed by atoms with Crippen molar-refractivity contribution in [2.24, 2.45) is 5.92 Å². The molecule has 0 bridgehead atoms. The van der Waals surface area contributed by atoms with Crippen LogP contribution in [0, 0.1) is 35.0 Å². The van der Waals surface area contributed by atoms with Crippen LogP contribution in [0.25, 0.3) is 0 Å². The molecule has 120 valence electrons. The Bertz CT molecular complexity index is 458. The van der Waals surface area contributed by atoms with Gasteiger partial charge in [0.15, 0.2) is 23.3 Å². The first-order chi connectivity index (χ1) is 9.81. The molecule has 0 aromatic heterocycles. The quantitative estimate of drug-likeness (QED) is 0.431. The van der Waals surface area contributed by atoms with Crippen LogP contribution in [0.15, 0.2) is 0 Å². The van der Waals surface area contributed by atoms with E-state index in [0.29, 0.717) is 25.3 Å². The van der Waals surface area contributed by atoms with Crippen molar-refractivity contribution in [1.82, 2.24) is 5.32 Å². The lowest BCUT2D eigenvalue weighted by Crippen LogP contribution is -2.25. The Labute approximate surface area is 121 Å². The Morgan fingerprint density at radius 3 is 1.71 bits per heavy atom. The van der Waals surface area contributed by atoms with Gasteiger partial charge in [-0.25, -0.2) is 22.0 Å². The predicted molar refractivity (Wildman–Crippen MR) is 71.3 cm³/mol. The largest absolute Gasteiger partial charge is 0.310 e. The molecule has 21 heavy (non-hydrogen) atoms. The van der Waals surface area contributed by atoms with Gasteiger partial charge >= 0.3 is 0 Å². The Kier molecular flexibility index (Phi) is 6.58. The molecule has 0 spiro atoms. The van der Waals surface area contributed by atoms with E-state index in [1.807, 2.05) is 13.8 Å². The summed E-state index contributed by atoms with van der Waals surface area (Å²) in [7, 11) is 0. The molecular formula is C15H20F5N. The van der Waals surface area contributed by atoms with Gasteiger partial charge in [-0.3, -0.25) is 0 Å². The minimum Gasteiger partial charge on any atom is -0.310 e. The van der Waals surface area contributed by atoms with Crippen molar-refractivity contribution < 1.29 is 22.0 Å². The molecule has 0 aliphatic rings. The Hall–Kier alpha value is -1.17. The van der Waals surface area contributed by atoms with Crippen molar-refractivity contribution in [3.63, 3.8) is 0 Å². The first kappa shape index (κ1) is 17.9. The molecule has 0 fully saturated rings. The molecule has 0 aliphatic heterocycles. The van der Waals surface area contributed by atoms with Gasteiger partial charge in [-0.05, 0) is 18.9 Å². The molecule has 1 rings (SSSR count). The zero-order valence-corrected chi connectivity index (χ0v) is 12.4. The van der Waals surface area contributed by atoms with Crippen LogP contribution in [0.2, 0.25) is 0 Å². The van der Waals surface area contributed by atoms with E-state index < -0.39 is 40.7 Å². The third-order valence-electron chi connectivity index (χ3n) is 3.32. The summed E-state index contributed by atoms with van der Waals surface area (Å²) in [6, 6.07) is -0.890. The third-order valence-corrected chi connectivity index (χ3v) is 3.32. The number of nitrogens with one attached hydrogen (secondary N) is 1. The van der Waals surface area contributed by atoms with Crippen LogP contribution in [0.4, 0.5) is 22.0 Å². The van der Waals surface area contributed by atoms with Crippen molar-refractivity contribution in [2.75, 3.05) is 6.54 Å². The summed E-state index contributed by atoms with van der Waals surface area (Å²) < 4.78 is 67.2. The molecule has 1 N–H and O–H groups in total. The van der Waals surface area contributed by atoms with Crippen molar-refractivity contribution in [2.45, 2.75) is 46.1 Å². The topological polar surface area (TPSA) is 12.0 Å². The zero-order chi connectivity index (χ0) is 16.2. The molecule has 1 nitrogen and oxygen atoms in total. The molecule has 1 aromatic carbocycles. The molecule has 6 heteroatoms. The number of hydrogen-bond donors (Lipinski definition) is 1. The third kappa shape index (κ3) is 4.15. The number of benzene rings is 1. The number of halogens is 5. The van der Waals surface area contributed by atoms with Gasteiger partial charge in [-0.1, -0.05) is 33.6 Å². The van der Waals surface area contributed by atoms with Crippen LogP contribution >= 0.6 is 0 Å². The average Bonchev–Trinajstić information content (AvgIpc) is 2.43. The van der Waals surface area contributed by atoms with Gasteiger partial charge in [0, 0.05) is 11.6 Å². The van der Waals surface area contributed by atoms with E-state index >= 15 is 0 Å². The molecule has 0 saturated heterocycles. The van der Waals surface area contributed by atoms with Crippen molar-refractivity contribution in [3.05, 3.63) is 34.6 Å². The highest BCUT2D eigenvalue weighted by Crippen LogP contribution is 2.30. The van der Waals surface area contributed by atoms with E-state index in [0.717, 1.165) is 6.42 Å². The molecule has 1 aromatic rings. The highest BCUT2D eigenvalue weighted by atomic mass is 19.2. The smallest absolute Gasteiger partial charge is 0.200 e. The Morgan fingerprint density at radius 2 is 1.29 bits per heavy atom. The van der Waals surface area contributed by atoms with Crippen molar-refractivity contribution in [3.8, 4) is 0 Å². The van der Waals surface area contributed by atoms with E-state index in [2.05, 4.69) is 5.32 Å². The highest BCUT2D eigenvalue weighted by Gasteiger charge is 2.29. The normalized spacial score (nSPS) is 13.0. The maximum Gasteiger partial charge on any atom is 0.200 e. The monoisotopic (exact) mass is 309 g/mol. The lowest BCUT2D eigenvalue weighted by atomic mass is 9.96. The van der Waals surface area contributed by atoms with Crippen LogP contribution < -0.4 is 5.32 Å². The fourth-order valence-electron chi connectivity index (χ4n) is 2.25. The van der Waals surface area contributed by atoms with Gasteiger partial charge in [0.2, 0.25) is 5.82 Å². The second-order valence-corrected chi connectivity index (χ2v) is 5.42. The SMILES string of the molecule is CCNC(CCCC(C)C)c1c(F)c(F)c(F)c(F)c1F. The maximum absolute atomic E-state index is 13.8. The molecular weight excluding hydrogens is 289 g/mol. The summed E-state index contributed by atoms with van der Waals surface area (Å²) in [5, 5.41) is 2.79. The summed E-state index contributed by atoms with van der Waals surface area (Å²) in [5.41, 5.74) is -0.767. The maximum atomic E-state index is 13.8. The van der Waals surface area contributed by atoms with Crippen LogP contribution in [0.1, 0.15) is 51.6 Å². The van der Waals surface area contributed by atoms with Gasteiger partial charge in [-0.15, -0.1) is 0 Å². The Balaban J connectivity index is 3.13. The zero-order valence-electron chi connectivity index (χ0n) is 12.4. The molecule has 0 saturated carbocycles. The first-order valence-corrected chi connectivity index (χ1v) is 7.05. The van der Waals surface area contributed by atoms with E-state index in [-0.39, 0.29) is 0 Å². The van der Waals surface area contributed by atoms with E-state index in [1.165, 1.54) is 0 Å². The first-order valence-electron chi connectivity index (χ1n) is 7.05. The van der Waals surface area contributed by atoms with Crippen LogP contribution in [-0.4, -0.2) is 6.54 Å². The van der Waals surface area contributed by atoms with E-state index in [1.54, 1.807) is 6.92 Å².